The van der Waals surface area contributed by atoms with Crippen LogP contribution in [0.4, 0.5) is 0 Å². The van der Waals surface area contributed by atoms with Gasteiger partial charge in [0, 0.05) is 44.1 Å². The first kappa shape index (κ1) is 18.5. The van der Waals surface area contributed by atoms with Gasteiger partial charge in [0.25, 0.3) is 0 Å². The van der Waals surface area contributed by atoms with Crippen molar-refractivity contribution in [3.8, 4) is 11.3 Å². The Hall–Kier alpha value is -2.34. The van der Waals surface area contributed by atoms with Crippen molar-refractivity contribution in [2.75, 3.05) is 20.6 Å². The van der Waals surface area contributed by atoms with Crippen LogP contribution >= 0.6 is 11.6 Å². The number of hydrogen-bond acceptors (Lipinski definition) is 4. The maximum atomic E-state index is 12.5. The summed E-state index contributed by atoms with van der Waals surface area (Å²) < 4.78 is 5.74. The minimum absolute atomic E-state index is 0.0167. The van der Waals surface area contributed by atoms with E-state index in [9.17, 15) is 9.59 Å². The molecule has 0 aliphatic carbocycles. The van der Waals surface area contributed by atoms with Crippen molar-refractivity contribution in [1.82, 2.24) is 14.8 Å². The van der Waals surface area contributed by atoms with E-state index in [0.29, 0.717) is 29.6 Å². The minimum atomic E-state index is -0.341. The summed E-state index contributed by atoms with van der Waals surface area (Å²) in [6, 6.07) is 6.96. The largest absolute Gasteiger partial charge is 0.441 e. The van der Waals surface area contributed by atoms with Crippen LogP contribution in [-0.2, 0) is 16.0 Å². The van der Waals surface area contributed by atoms with Gasteiger partial charge in [-0.3, -0.25) is 9.59 Å². The molecule has 1 aliphatic heterocycles. The van der Waals surface area contributed by atoms with E-state index in [4.69, 9.17) is 16.0 Å². The zero-order chi connectivity index (χ0) is 18.7. The molecule has 7 heteroatoms. The van der Waals surface area contributed by atoms with Crippen molar-refractivity contribution in [3.63, 3.8) is 0 Å². The fourth-order valence-corrected chi connectivity index (χ4v) is 3.28. The molecule has 0 radical (unpaired) electrons. The molecule has 26 heavy (non-hydrogen) atoms. The molecule has 1 unspecified atom stereocenters. The number of hydrogen-bond donors (Lipinski definition) is 0. The van der Waals surface area contributed by atoms with Gasteiger partial charge in [0.2, 0.25) is 11.8 Å². The molecule has 0 saturated carbocycles. The van der Waals surface area contributed by atoms with Gasteiger partial charge in [-0.2, -0.15) is 0 Å². The highest BCUT2D eigenvalue weighted by atomic mass is 35.5. The molecule has 0 N–H and O–H groups in total. The number of likely N-dealkylation sites (tertiary alicyclic amines) is 1. The molecule has 1 saturated heterocycles. The predicted octanol–water partition coefficient (Wildman–Crippen LogP) is 3.01. The van der Waals surface area contributed by atoms with Crippen LogP contribution in [0.15, 0.2) is 34.9 Å². The van der Waals surface area contributed by atoms with E-state index in [2.05, 4.69) is 4.98 Å². The highest BCUT2D eigenvalue weighted by Gasteiger charge is 2.34. The second-order valence-electron chi connectivity index (χ2n) is 6.60. The number of carbonyl (C=O) groups is 2. The van der Waals surface area contributed by atoms with Crippen LogP contribution in [0.3, 0.4) is 0 Å². The Morgan fingerprint density at radius 1 is 1.31 bits per heavy atom. The summed E-state index contributed by atoms with van der Waals surface area (Å²) in [5, 5.41) is 0.659. The molecular weight excluding hydrogens is 354 g/mol. The topological polar surface area (TPSA) is 66.7 Å². The molecule has 3 rings (SSSR count). The van der Waals surface area contributed by atoms with Crippen molar-refractivity contribution < 1.29 is 14.0 Å². The predicted molar refractivity (Wildman–Crippen MR) is 98.7 cm³/mol. The molecular formula is C19H22ClN3O3. The molecule has 1 atom stereocenters. The highest BCUT2D eigenvalue weighted by Crippen LogP contribution is 2.24. The zero-order valence-electron chi connectivity index (χ0n) is 14.9. The minimum Gasteiger partial charge on any atom is -0.441 e. The molecule has 1 aliphatic rings. The van der Waals surface area contributed by atoms with Crippen molar-refractivity contribution in [2.24, 2.45) is 0 Å². The molecule has 0 bridgehead atoms. The summed E-state index contributed by atoms with van der Waals surface area (Å²) in [4.78, 5) is 32.2. The Balaban J connectivity index is 1.59. The van der Waals surface area contributed by atoms with Crippen molar-refractivity contribution in [1.29, 1.82) is 0 Å². The number of aromatic nitrogens is 1. The van der Waals surface area contributed by atoms with Crippen molar-refractivity contribution >= 4 is 23.4 Å². The third-order valence-electron chi connectivity index (χ3n) is 4.53. The van der Waals surface area contributed by atoms with Crippen LogP contribution in [0.25, 0.3) is 11.3 Å². The fourth-order valence-electron chi connectivity index (χ4n) is 3.15. The summed E-state index contributed by atoms with van der Waals surface area (Å²) in [7, 11) is 3.43. The maximum absolute atomic E-state index is 12.5. The van der Waals surface area contributed by atoms with E-state index in [1.807, 2.05) is 12.1 Å². The van der Waals surface area contributed by atoms with Gasteiger partial charge in [-0.05, 0) is 37.1 Å². The van der Waals surface area contributed by atoms with Crippen LogP contribution in [-0.4, -0.2) is 53.3 Å². The second kappa shape index (κ2) is 7.91. The number of nitrogens with zero attached hydrogens (tertiary/aromatic N) is 3. The van der Waals surface area contributed by atoms with Crippen molar-refractivity contribution in [3.05, 3.63) is 41.4 Å². The summed E-state index contributed by atoms with van der Waals surface area (Å²) in [5.74, 6) is 1.11. The van der Waals surface area contributed by atoms with Gasteiger partial charge in [-0.25, -0.2) is 4.98 Å². The molecule has 138 valence electrons. The Morgan fingerprint density at radius 3 is 2.73 bits per heavy atom. The lowest BCUT2D eigenvalue weighted by molar-refractivity contribution is -0.142. The van der Waals surface area contributed by atoms with Gasteiger partial charge >= 0.3 is 0 Å². The third kappa shape index (κ3) is 4.07. The van der Waals surface area contributed by atoms with Crippen LogP contribution in [0, 0.1) is 0 Å². The van der Waals surface area contributed by atoms with Crippen LogP contribution < -0.4 is 0 Å². The molecule has 1 aromatic carbocycles. The Labute approximate surface area is 157 Å². The average Bonchev–Trinajstić information content (AvgIpc) is 3.29. The van der Waals surface area contributed by atoms with Crippen LogP contribution in [0.5, 0.6) is 0 Å². The lowest BCUT2D eigenvalue weighted by atomic mass is 10.2. The SMILES string of the molecule is CN(C)C(=O)C1CCCN1C(=O)CCc1ncc(-c2ccc(Cl)cc2)o1. The first-order chi connectivity index (χ1) is 12.5. The normalized spacial score (nSPS) is 16.7. The van der Waals surface area contributed by atoms with Gasteiger partial charge in [0.05, 0.1) is 6.20 Å². The number of halogens is 1. The molecule has 1 aromatic heterocycles. The van der Waals surface area contributed by atoms with E-state index < -0.39 is 0 Å². The molecule has 1 fully saturated rings. The van der Waals surface area contributed by atoms with Crippen LogP contribution in [0.2, 0.25) is 5.02 Å². The first-order valence-electron chi connectivity index (χ1n) is 8.67. The van der Waals surface area contributed by atoms with E-state index in [0.717, 1.165) is 18.4 Å². The number of rotatable bonds is 5. The average molecular weight is 376 g/mol. The van der Waals surface area contributed by atoms with Crippen molar-refractivity contribution in [2.45, 2.75) is 31.7 Å². The first-order valence-corrected chi connectivity index (χ1v) is 9.05. The van der Waals surface area contributed by atoms with Gasteiger partial charge in [-0.15, -0.1) is 0 Å². The monoisotopic (exact) mass is 375 g/mol. The van der Waals surface area contributed by atoms with Crippen LogP contribution in [0.1, 0.15) is 25.2 Å². The fraction of sp³-hybridized carbons (Fsp3) is 0.421. The summed E-state index contributed by atoms with van der Waals surface area (Å²) in [6.45, 7) is 0.630. The van der Waals surface area contributed by atoms with Gasteiger partial charge in [0.1, 0.15) is 6.04 Å². The molecule has 2 amide bonds. The molecule has 6 nitrogen and oxygen atoms in total. The summed E-state index contributed by atoms with van der Waals surface area (Å²) in [5.41, 5.74) is 0.885. The number of carbonyl (C=O) groups excluding carboxylic acids is 2. The second-order valence-corrected chi connectivity index (χ2v) is 7.04. The zero-order valence-corrected chi connectivity index (χ0v) is 15.7. The number of aryl methyl sites for hydroxylation is 1. The Kier molecular flexibility index (Phi) is 5.61. The number of amides is 2. The smallest absolute Gasteiger partial charge is 0.244 e. The van der Waals surface area contributed by atoms with E-state index >= 15 is 0 Å². The highest BCUT2D eigenvalue weighted by molar-refractivity contribution is 6.30. The van der Waals surface area contributed by atoms with Gasteiger partial charge in [-0.1, -0.05) is 11.6 Å². The Morgan fingerprint density at radius 2 is 2.04 bits per heavy atom. The standard InChI is InChI=1S/C19H22ClN3O3/c1-22(2)19(25)15-4-3-11-23(15)18(24)10-9-17-21-12-16(26-17)13-5-7-14(20)8-6-13/h5-8,12,15H,3-4,9-11H2,1-2H3. The molecule has 0 spiro atoms. The number of oxazole rings is 1. The summed E-state index contributed by atoms with van der Waals surface area (Å²) >= 11 is 5.89. The van der Waals surface area contributed by atoms with E-state index in [1.165, 1.54) is 0 Å². The Bertz CT molecular complexity index is 786. The van der Waals surface area contributed by atoms with Gasteiger partial charge < -0.3 is 14.2 Å². The third-order valence-corrected chi connectivity index (χ3v) is 4.79. The van der Waals surface area contributed by atoms with Gasteiger partial charge in [0.15, 0.2) is 11.7 Å². The quantitative estimate of drug-likeness (QED) is 0.805. The maximum Gasteiger partial charge on any atom is 0.244 e. The molecule has 2 heterocycles. The van der Waals surface area contributed by atoms with E-state index in [-0.39, 0.29) is 24.3 Å². The molecule has 2 aromatic rings. The lowest BCUT2D eigenvalue weighted by Crippen LogP contribution is -2.45. The summed E-state index contributed by atoms with van der Waals surface area (Å²) in [6.07, 6.45) is 3.92. The number of benzene rings is 1. The number of likely N-dealkylation sites (N-methyl/N-ethyl adjacent to an activating group) is 1. The lowest BCUT2D eigenvalue weighted by Gasteiger charge is -2.26. The van der Waals surface area contributed by atoms with E-state index in [1.54, 1.807) is 42.2 Å².